The van der Waals surface area contributed by atoms with Crippen molar-refractivity contribution in [1.29, 1.82) is 0 Å². The number of hydrogen-bond donors (Lipinski definition) is 0. The van der Waals surface area contributed by atoms with Gasteiger partial charge in [-0.25, -0.2) is 0 Å². The molecule has 0 aromatic carbocycles. The zero-order chi connectivity index (χ0) is 17.2. The van der Waals surface area contributed by atoms with Gasteiger partial charge < -0.3 is 9.80 Å². The monoisotopic (exact) mass is 337 g/mol. The molecule has 0 saturated carbocycles. The average Bonchev–Trinajstić information content (AvgIpc) is 2.61. The van der Waals surface area contributed by atoms with E-state index in [2.05, 4.69) is 15.2 Å². The van der Waals surface area contributed by atoms with Gasteiger partial charge in [-0.05, 0) is 24.3 Å². The van der Waals surface area contributed by atoms with E-state index in [-0.39, 0.29) is 26.2 Å². The highest BCUT2D eigenvalue weighted by atomic mass is 19.4. The van der Waals surface area contributed by atoms with Crippen LogP contribution in [0.25, 0.3) is 11.3 Å². The van der Waals surface area contributed by atoms with Gasteiger partial charge in [0.05, 0.1) is 5.69 Å². The summed E-state index contributed by atoms with van der Waals surface area (Å²) in [4.78, 5) is 17.8. The van der Waals surface area contributed by atoms with Crippen LogP contribution in [-0.2, 0) is 4.79 Å². The molecule has 0 aliphatic carbocycles. The van der Waals surface area contributed by atoms with Gasteiger partial charge in [-0.1, -0.05) is 0 Å². The lowest BCUT2D eigenvalue weighted by atomic mass is 10.2. The molecule has 1 saturated heterocycles. The minimum absolute atomic E-state index is 0.00608. The van der Waals surface area contributed by atoms with E-state index in [9.17, 15) is 18.0 Å². The first kappa shape index (κ1) is 16.2. The maximum absolute atomic E-state index is 12.4. The normalized spacial score (nSPS) is 15.5. The summed E-state index contributed by atoms with van der Waals surface area (Å²) < 4.78 is 37.3. The second-order valence-electron chi connectivity index (χ2n) is 5.29. The number of aromatic nitrogens is 3. The molecule has 0 N–H and O–H groups in total. The second-order valence-corrected chi connectivity index (χ2v) is 5.29. The Bertz CT molecular complexity index is 697. The zero-order valence-electron chi connectivity index (χ0n) is 12.6. The van der Waals surface area contributed by atoms with E-state index in [1.165, 1.54) is 0 Å². The molecule has 0 unspecified atom stereocenters. The Labute approximate surface area is 135 Å². The number of halogens is 3. The van der Waals surface area contributed by atoms with Crippen molar-refractivity contribution in [1.82, 2.24) is 20.1 Å². The summed E-state index contributed by atoms with van der Waals surface area (Å²) in [6, 6.07) is 7.19. The number of nitrogens with zero attached hydrogens (tertiary/aromatic N) is 5. The summed E-state index contributed by atoms with van der Waals surface area (Å²) in [6.45, 7) is 0.578. The van der Waals surface area contributed by atoms with Crippen LogP contribution in [-0.4, -0.2) is 58.3 Å². The fourth-order valence-corrected chi connectivity index (χ4v) is 2.49. The lowest BCUT2D eigenvalue weighted by molar-refractivity contribution is -0.185. The fraction of sp³-hybridized carbons (Fsp3) is 0.333. The molecule has 2 aromatic rings. The summed E-state index contributed by atoms with van der Waals surface area (Å²) >= 11 is 0. The van der Waals surface area contributed by atoms with Crippen LogP contribution < -0.4 is 4.90 Å². The van der Waals surface area contributed by atoms with Crippen molar-refractivity contribution < 1.29 is 18.0 Å². The van der Waals surface area contributed by atoms with E-state index in [1.807, 2.05) is 17.0 Å². The van der Waals surface area contributed by atoms with E-state index in [4.69, 9.17) is 0 Å². The van der Waals surface area contributed by atoms with Crippen LogP contribution in [0.5, 0.6) is 0 Å². The SMILES string of the molecule is O=C(N1CCN(c2ccc(-c3ccncc3)nn2)CC1)C(F)(F)F. The molecule has 1 aliphatic heterocycles. The standard InChI is InChI=1S/C15H14F3N5O/c16-15(17,18)14(24)23-9-7-22(8-10-23)13-2-1-12(20-21-13)11-3-5-19-6-4-11/h1-6H,7-10H2. The Morgan fingerprint density at radius 1 is 0.958 bits per heavy atom. The van der Waals surface area contributed by atoms with Crippen molar-refractivity contribution in [3.63, 3.8) is 0 Å². The lowest BCUT2D eigenvalue weighted by Gasteiger charge is -2.35. The van der Waals surface area contributed by atoms with Gasteiger partial charge in [-0.3, -0.25) is 9.78 Å². The zero-order valence-corrected chi connectivity index (χ0v) is 12.6. The third-order valence-corrected chi connectivity index (χ3v) is 3.76. The van der Waals surface area contributed by atoms with E-state index >= 15 is 0 Å². The molecule has 0 radical (unpaired) electrons. The molecule has 2 aromatic heterocycles. The quantitative estimate of drug-likeness (QED) is 0.835. The molecule has 1 aliphatic rings. The van der Waals surface area contributed by atoms with E-state index in [0.29, 0.717) is 11.5 Å². The predicted octanol–water partition coefficient (Wildman–Crippen LogP) is 1.75. The second kappa shape index (κ2) is 6.42. The van der Waals surface area contributed by atoms with E-state index < -0.39 is 12.1 Å². The van der Waals surface area contributed by atoms with Gasteiger partial charge in [0.2, 0.25) is 0 Å². The van der Waals surface area contributed by atoms with Crippen molar-refractivity contribution in [2.75, 3.05) is 31.1 Å². The molecule has 0 bridgehead atoms. The number of alkyl halides is 3. The van der Waals surface area contributed by atoms with Gasteiger partial charge in [0.25, 0.3) is 0 Å². The highest BCUT2D eigenvalue weighted by molar-refractivity contribution is 5.82. The molecule has 6 nitrogen and oxygen atoms in total. The first-order valence-electron chi connectivity index (χ1n) is 7.30. The van der Waals surface area contributed by atoms with Crippen LogP contribution in [0.1, 0.15) is 0 Å². The van der Waals surface area contributed by atoms with Crippen LogP contribution in [0.2, 0.25) is 0 Å². The average molecular weight is 337 g/mol. The Morgan fingerprint density at radius 2 is 1.62 bits per heavy atom. The molecule has 9 heteroatoms. The number of carbonyl (C=O) groups excluding carboxylic acids is 1. The van der Waals surface area contributed by atoms with Gasteiger partial charge >= 0.3 is 12.1 Å². The van der Waals surface area contributed by atoms with Gasteiger partial charge in [0.15, 0.2) is 5.82 Å². The highest BCUT2D eigenvalue weighted by Crippen LogP contribution is 2.22. The van der Waals surface area contributed by atoms with Crippen molar-refractivity contribution in [2.24, 2.45) is 0 Å². The van der Waals surface area contributed by atoms with Crippen molar-refractivity contribution in [3.05, 3.63) is 36.7 Å². The highest BCUT2D eigenvalue weighted by Gasteiger charge is 2.43. The summed E-state index contributed by atoms with van der Waals surface area (Å²) in [6.07, 6.45) is -1.52. The smallest absolute Gasteiger partial charge is 0.352 e. The molecular formula is C15H14F3N5O. The van der Waals surface area contributed by atoms with E-state index in [0.717, 1.165) is 10.5 Å². The van der Waals surface area contributed by atoms with Crippen LogP contribution >= 0.6 is 0 Å². The molecule has 3 heterocycles. The Hall–Kier alpha value is -2.71. The van der Waals surface area contributed by atoms with Crippen LogP contribution in [0.3, 0.4) is 0 Å². The first-order valence-corrected chi connectivity index (χ1v) is 7.30. The molecule has 24 heavy (non-hydrogen) atoms. The Morgan fingerprint density at radius 3 is 2.17 bits per heavy atom. The van der Waals surface area contributed by atoms with Crippen molar-refractivity contribution >= 4 is 11.7 Å². The summed E-state index contributed by atoms with van der Waals surface area (Å²) in [5, 5.41) is 8.26. The number of hydrogen-bond acceptors (Lipinski definition) is 5. The molecule has 3 rings (SSSR count). The third kappa shape index (κ3) is 3.44. The number of piperazine rings is 1. The number of rotatable bonds is 2. The van der Waals surface area contributed by atoms with Crippen LogP contribution in [0.15, 0.2) is 36.7 Å². The molecule has 0 atom stereocenters. The first-order chi connectivity index (χ1) is 11.4. The summed E-state index contributed by atoms with van der Waals surface area (Å²) in [5.74, 6) is -1.21. The Kier molecular flexibility index (Phi) is 4.32. The minimum atomic E-state index is -4.83. The third-order valence-electron chi connectivity index (χ3n) is 3.76. The van der Waals surface area contributed by atoms with Crippen molar-refractivity contribution in [2.45, 2.75) is 6.18 Å². The van der Waals surface area contributed by atoms with Crippen molar-refractivity contribution in [3.8, 4) is 11.3 Å². The van der Waals surface area contributed by atoms with Crippen LogP contribution in [0, 0.1) is 0 Å². The lowest BCUT2D eigenvalue weighted by Crippen LogP contribution is -2.52. The molecule has 0 spiro atoms. The molecule has 1 amide bonds. The number of anilines is 1. The van der Waals surface area contributed by atoms with Gasteiger partial charge in [0.1, 0.15) is 0 Å². The maximum atomic E-state index is 12.4. The van der Waals surface area contributed by atoms with Crippen LogP contribution in [0.4, 0.5) is 19.0 Å². The molecule has 126 valence electrons. The Balaban J connectivity index is 1.64. The maximum Gasteiger partial charge on any atom is 0.471 e. The number of pyridine rings is 1. The predicted molar refractivity (Wildman–Crippen MR) is 80.1 cm³/mol. The van der Waals surface area contributed by atoms with Gasteiger partial charge in [-0.15, -0.1) is 10.2 Å². The topological polar surface area (TPSA) is 62.2 Å². The van der Waals surface area contributed by atoms with Gasteiger partial charge in [-0.2, -0.15) is 13.2 Å². The van der Waals surface area contributed by atoms with E-state index in [1.54, 1.807) is 24.5 Å². The van der Waals surface area contributed by atoms with Gasteiger partial charge in [0, 0.05) is 44.1 Å². The number of amides is 1. The largest absolute Gasteiger partial charge is 0.471 e. The number of carbonyl (C=O) groups is 1. The summed E-state index contributed by atoms with van der Waals surface area (Å²) in [7, 11) is 0. The minimum Gasteiger partial charge on any atom is -0.352 e. The molecular weight excluding hydrogens is 323 g/mol. The summed E-state index contributed by atoms with van der Waals surface area (Å²) in [5.41, 5.74) is 1.57. The fourth-order valence-electron chi connectivity index (χ4n) is 2.49. The molecule has 1 fully saturated rings.